The number of ether oxygens (including phenoxy) is 2. The third-order valence-corrected chi connectivity index (χ3v) is 4.82. The summed E-state index contributed by atoms with van der Waals surface area (Å²) in [4.78, 5) is 28.9. The molecule has 146 valence electrons. The lowest BCUT2D eigenvalue weighted by atomic mass is 10.2. The van der Waals surface area contributed by atoms with Crippen molar-refractivity contribution in [3.8, 4) is 0 Å². The number of rotatable bonds is 10. The van der Waals surface area contributed by atoms with Gasteiger partial charge in [-0.2, -0.15) is 0 Å². The molecular formula is C20H26N2O4S. The van der Waals surface area contributed by atoms with Gasteiger partial charge in [0.1, 0.15) is 5.71 Å². The van der Waals surface area contributed by atoms with Crippen molar-refractivity contribution in [1.29, 1.82) is 0 Å². The first kappa shape index (κ1) is 21.0. The number of hydrogen-bond acceptors (Lipinski definition) is 7. The van der Waals surface area contributed by atoms with Crippen LogP contribution in [0.15, 0.2) is 46.4 Å². The fourth-order valence-electron chi connectivity index (χ4n) is 2.41. The van der Waals surface area contributed by atoms with Crippen LogP contribution in [0.25, 0.3) is 0 Å². The van der Waals surface area contributed by atoms with Crippen molar-refractivity contribution in [1.82, 2.24) is 0 Å². The van der Waals surface area contributed by atoms with Crippen LogP contribution < -0.4 is 5.73 Å². The van der Waals surface area contributed by atoms with Gasteiger partial charge in [0.05, 0.1) is 18.2 Å². The number of esters is 2. The van der Waals surface area contributed by atoms with E-state index in [4.69, 9.17) is 15.2 Å². The van der Waals surface area contributed by atoms with Gasteiger partial charge in [-0.05, 0) is 38.2 Å². The van der Waals surface area contributed by atoms with Crippen LogP contribution in [0.4, 0.5) is 0 Å². The highest BCUT2D eigenvalue weighted by molar-refractivity contribution is 8.02. The standard InChI is InChI=1S/C20H26N2O4S/c1-3-25-19(23)16(22-18(15-10-11-15)20(24)26-4-2)12-17(21)27-13-14-8-6-5-7-9-14/h5-9,12,15,18H,3-4,10-11,13,21H2,1-2H3/b17-12+,22-16?. The maximum Gasteiger partial charge on any atom is 0.356 e. The van der Waals surface area contributed by atoms with Crippen LogP contribution in [0.5, 0.6) is 0 Å². The zero-order valence-corrected chi connectivity index (χ0v) is 16.5. The van der Waals surface area contributed by atoms with Crippen LogP contribution in [0.3, 0.4) is 0 Å². The molecule has 1 aromatic rings. The molecule has 0 bridgehead atoms. The minimum absolute atomic E-state index is 0.0554. The molecule has 0 aliphatic heterocycles. The normalized spacial score (nSPS) is 15.9. The molecule has 0 aromatic heterocycles. The van der Waals surface area contributed by atoms with Crippen molar-refractivity contribution in [2.75, 3.05) is 13.2 Å². The number of carbonyl (C=O) groups excluding carboxylic acids is 2. The molecule has 0 spiro atoms. The Morgan fingerprint density at radius 2 is 1.89 bits per heavy atom. The molecule has 1 saturated carbocycles. The SMILES string of the molecule is CCOC(=O)C(/C=C(\N)SCc1ccccc1)=NC(C(=O)OCC)C1CC1. The van der Waals surface area contributed by atoms with Crippen molar-refractivity contribution < 1.29 is 19.1 Å². The van der Waals surface area contributed by atoms with E-state index >= 15 is 0 Å². The maximum absolute atomic E-state index is 12.3. The van der Waals surface area contributed by atoms with E-state index in [1.807, 2.05) is 30.3 Å². The average molecular weight is 391 g/mol. The molecular weight excluding hydrogens is 364 g/mol. The van der Waals surface area contributed by atoms with Gasteiger partial charge < -0.3 is 15.2 Å². The number of carbonyl (C=O) groups is 2. The molecule has 0 saturated heterocycles. The summed E-state index contributed by atoms with van der Waals surface area (Å²) in [7, 11) is 0. The summed E-state index contributed by atoms with van der Waals surface area (Å²) in [5.74, 6) is -0.218. The number of benzene rings is 1. The monoisotopic (exact) mass is 390 g/mol. The van der Waals surface area contributed by atoms with E-state index in [-0.39, 0.29) is 24.8 Å². The molecule has 6 nitrogen and oxygen atoms in total. The highest BCUT2D eigenvalue weighted by Crippen LogP contribution is 2.35. The zero-order valence-electron chi connectivity index (χ0n) is 15.7. The molecule has 2 rings (SSSR count). The van der Waals surface area contributed by atoms with Crippen LogP contribution in [0, 0.1) is 5.92 Å². The number of nitrogens with zero attached hydrogens (tertiary/aromatic N) is 1. The minimum Gasteiger partial charge on any atom is -0.464 e. The molecule has 1 aliphatic carbocycles. The van der Waals surface area contributed by atoms with Crippen LogP contribution in [-0.4, -0.2) is 36.9 Å². The summed E-state index contributed by atoms with van der Waals surface area (Å²) in [6.07, 6.45) is 3.27. The summed E-state index contributed by atoms with van der Waals surface area (Å²) in [5.41, 5.74) is 7.25. The average Bonchev–Trinajstić information content (AvgIpc) is 3.49. The van der Waals surface area contributed by atoms with E-state index in [0.717, 1.165) is 18.4 Å². The third kappa shape index (κ3) is 7.09. The van der Waals surface area contributed by atoms with Crippen LogP contribution in [0.1, 0.15) is 32.3 Å². The molecule has 1 fully saturated rings. The Bertz CT molecular complexity index is 699. The second kappa shape index (κ2) is 10.8. The van der Waals surface area contributed by atoms with E-state index in [0.29, 0.717) is 10.8 Å². The van der Waals surface area contributed by atoms with E-state index in [1.54, 1.807) is 13.8 Å². The summed E-state index contributed by atoms with van der Waals surface area (Å²) in [5, 5.41) is 0.434. The molecule has 0 amide bonds. The molecule has 1 atom stereocenters. The number of thioether (sulfide) groups is 1. The second-order valence-corrected chi connectivity index (χ2v) is 7.14. The third-order valence-electron chi connectivity index (χ3n) is 3.89. The number of hydrogen-bond donors (Lipinski definition) is 1. The largest absolute Gasteiger partial charge is 0.464 e. The summed E-state index contributed by atoms with van der Waals surface area (Å²) >= 11 is 1.40. The van der Waals surface area contributed by atoms with Crippen molar-refractivity contribution >= 4 is 29.4 Å². The Kier molecular flexibility index (Phi) is 8.39. The lowest BCUT2D eigenvalue weighted by Gasteiger charge is -2.12. The summed E-state index contributed by atoms with van der Waals surface area (Å²) < 4.78 is 10.2. The quantitative estimate of drug-likeness (QED) is 0.488. The fraction of sp³-hybridized carbons (Fsp3) is 0.450. The van der Waals surface area contributed by atoms with E-state index in [2.05, 4.69) is 4.99 Å². The molecule has 1 unspecified atom stereocenters. The predicted octanol–water partition coefficient (Wildman–Crippen LogP) is 3.07. The Labute approximate surface area is 164 Å². The van der Waals surface area contributed by atoms with Gasteiger partial charge in [-0.25, -0.2) is 9.59 Å². The van der Waals surface area contributed by atoms with Gasteiger partial charge in [-0.1, -0.05) is 30.3 Å². The smallest absolute Gasteiger partial charge is 0.356 e. The van der Waals surface area contributed by atoms with Gasteiger partial charge in [0, 0.05) is 11.8 Å². The minimum atomic E-state index is -0.687. The molecule has 0 heterocycles. The first-order valence-electron chi connectivity index (χ1n) is 9.10. The van der Waals surface area contributed by atoms with Gasteiger partial charge in [0.25, 0.3) is 0 Å². The Hall–Kier alpha value is -2.28. The van der Waals surface area contributed by atoms with E-state index < -0.39 is 18.0 Å². The summed E-state index contributed by atoms with van der Waals surface area (Å²) in [6, 6.07) is 9.19. The van der Waals surface area contributed by atoms with Crippen molar-refractivity contribution in [3.05, 3.63) is 47.0 Å². The van der Waals surface area contributed by atoms with Gasteiger partial charge in [-0.3, -0.25) is 4.99 Å². The first-order chi connectivity index (χ1) is 13.0. The van der Waals surface area contributed by atoms with Gasteiger partial charge in [-0.15, -0.1) is 11.8 Å². The van der Waals surface area contributed by atoms with Crippen LogP contribution in [0.2, 0.25) is 0 Å². The molecule has 7 heteroatoms. The van der Waals surface area contributed by atoms with Crippen molar-refractivity contribution in [2.24, 2.45) is 16.6 Å². The first-order valence-corrected chi connectivity index (χ1v) is 10.1. The van der Waals surface area contributed by atoms with Crippen LogP contribution in [-0.2, 0) is 24.8 Å². The van der Waals surface area contributed by atoms with E-state index in [1.165, 1.54) is 17.8 Å². The molecule has 27 heavy (non-hydrogen) atoms. The predicted molar refractivity (Wildman–Crippen MR) is 107 cm³/mol. The van der Waals surface area contributed by atoms with E-state index in [9.17, 15) is 9.59 Å². The van der Waals surface area contributed by atoms with Gasteiger partial charge in [0.2, 0.25) is 0 Å². The lowest BCUT2D eigenvalue weighted by molar-refractivity contribution is -0.145. The second-order valence-electron chi connectivity index (χ2n) is 6.09. The lowest BCUT2D eigenvalue weighted by Crippen LogP contribution is -2.28. The topological polar surface area (TPSA) is 91.0 Å². The highest BCUT2D eigenvalue weighted by Gasteiger charge is 2.38. The maximum atomic E-state index is 12.3. The highest BCUT2D eigenvalue weighted by atomic mass is 32.2. The fourth-order valence-corrected chi connectivity index (χ4v) is 3.13. The van der Waals surface area contributed by atoms with Gasteiger partial charge in [0.15, 0.2) is 6.04 Å². The summed E-state index contributed by atoms with van der Waals surface area (Å²) in [6.45, 7) is 3.96. The Morgan fingerprint density at radius 1 is 1.22 bits per heavy atom. The van der Waals surface area contributed by atoms with Gasteiger partial charge >= 0.3 is 11.9 Å². The Morgan fingerprint density at radius 3 is 2.48 bits per heavy atom. The number of nitrogens with two attached hydrogens (primary N) is 1. The van der Waals surface area contributed by atoms with Crippen molar-refractivity contribution in [3.63, 3.8) is 0 Å². The molecule has 0 radical (unpaired) electrons. The Balaban J connectivity index is 2.16. The zero-order chi connectivity index (χ0) is 19.6. The number of aliphatic imine (C=N–C) groups is 1. The molecule has 2 N–H and O–H groups in total. The van der Waals surface area contributed by atoms with Crippen LogP contribution >= 0.6 is 11.8 Å². The molecule has 1 aromatic carbocycles. The van der Waals surface area contributed by atoms with Crippen molar-refractivity contribution in [2.45, 2.75) is 38.5 Å². The molecule has 1 aliphatic rings.